The smallest absolute Gasteiger partial charge is 0.317 e. The molecule has 0 saturated heterocycles. The summed E-state index contributed by atoms with van der Waals surface area (Å²) >= 11 is 0. The molecule has 0 aliphatic carbocycles. The van der Waals surface area contributed by atoms with Crippen molar-refractivity contribution in [2.75, 3.05) is 26.2 Å². The predicted molar refractivity (Wildman–Crippen MR) is 129 cm³/mol. The summed E-state index contributed by atoms with van der Waals surface area (Å²) in [5.41, 5.74) is 3.23. The van der Waals surface area contributed by atoms with Crippen LogP contribution in [0.25, 0.3) is 21.8 Å². The van der Waals surface area contributed by atoms with Crippen molar-refractivity contribution in [1.82, 2.24) is 19.8 Å². The van der Waals surface area contributed by atoms with E-state index in [-0.39, 0.29) is 13.1 Å². The minimum absolute atomic E-state index is 0.163. The summed E-state index contributed by atoms with van der Waals surface area (Å²) in [5, 5.41) is 20.8. The molecule has 2 aromatic carbocycles. The molecule has 0 radical (unpaired) electrons. The highest BCUT2D eigenvalue weighted by atomic mass is 16.4. The van der Waals surface area contributed by atoms with Gasteiger partial charge in [0.2, 0.25) is 0 Å². The van der Waals surface area contributed by atoms with Gasteiger partial charge >= 0.3 is 11.9 Å². The number of pyridine rings is 2. The van der Waals surface area contributed by atoms with E-state index in [1.165, 1.54) is 0 Å². The van der Waals surface area contributed by atoms with Crippen LogP contribution in [0, 0.1) is 0 Å². The third kappa shape index (κ3) is 6.34. The van der Waals surface area contributed by atoms with Gasteiger partial charge < -0.3 is 10.2 Å². The Bertz CT molecular complexity index is 1210. The molecule has 0 spiro atoms. The van der Waals surface area contributed by atoms with Gasteiger partial charge in [0.15, 0.2) is 0 Å². The summed E-state index contributed by atoms with van der Waals surface area (Å²) < 4.78 is 0. The number of fused-ring (bicyclic) bond motifs is 2. The van der Waals surface area contributed by atoms with Gasteiger partial charge in [0.05, 0.1) is 35.5 Å². The highest BCUT2D eigenvalue weighted by Gasteiger charge is 2.16. The van der Waals surface area contributed by atoms with Gasteiger partial charge in [-0.15, -0.1) is 0 Å². The molecule has 0 amide bonds. The minimum atomic E-state index is -0.943. The largest absolute Gasteiger partial charge is 0.480 e. The van der Waals surface area contributed by atoms with Gasteiger partial charge in [-0.25, -0.2) is 0 Å². The van der Waals surface area contributed by atoms with Crippen LogP contribution >= 0.6 is 0 Å². The average molecular weight is 459 g/mol. The highest BCUT2D eigenvalue weighted by molar-refractivity contribution is 5.79. The fraction of sp³-hybridized carbons (Fsp3) is 0.231. The van der Waals surface area contributed by atoms with Gasteiger partial charge in [-0.1, -0.05) is 48.5 Å². The topological polar surface area (TPSA) is 107 Å². The number of carboxylic acid groups (broad SMARTS) is 2. The Balaban J connectivity index is 1.46. The minimum Gasteiger partial charge on any atom is -0.480 e. The number of carbonyl (C=O) groups is 2. The molecule has 174 valence electrons. The first kappa shape index (κ1) is 23.3. The number of aromatic nitrogens is 2. The van der Waals surface area contributed by atoms with Gasteiger partial charge in [-0.2, -0.15) is 0 Å². The van der Waals surface area contributed by atoms with Crippen LogP contribution in [0.1, 0.15) is 11.4 Å². The van der Waals surface area contributed by atoms with E-state index in [1.807, 2.05) is 72.8 Å². The van der Waals surface area contributed by atoms with E-state index < -0.39 is 11.9 Å². The second kappa shape index (κ2) is 10.8. The fourth-order valence-electron chi connectivity index (χ4n) is 3.94. The number of nitrogens with zero attached hydrogens (tertiary/aromatic N) is 4. The van der Waals surface area contributed by atoms with Crippen molar-refractivity contribution in [3.63, 3.8) is 0 Å². The van der Waals surface area contributed by atoms with Crippen LogP contribution in [0.15, 0.2) is 72.8 Å². The molecular formula is C26H26N4O4. The molecule has 8 heteroatoms. The van der Waals surface area contributed by atoms with Crippen molar-refractivity contribution in [1.29, 1.82) is 0 Å². The zero-order valence-electron chi connectivity index (χ0n) is 18.7. The Morgan fingerprint density at radius 3 is 1.44 bits per heavy atom. The van der Waals surface area contributed by atoms with Crippen molar-refractivity contribution < 1.29 is 19.8 Å². The Morgan fingerprint density at radius 1 is 0.618 bits per heavy atom. The Morgan fingerprint density at radius 2 is 1.03 bits per heavy atom. The molecule has 4 aromatic rings. The Hall–Kier alpha value is -3.88. The van der Waals surface area contributed by atoms with Crippen molar-refractivity contribution in [2.45, 2.75) is 13.1 Å². The second-order valence-electron chi connectivity index (χ2n) is 8.20. The molecule has 2 aromatic heterocycles. The highest BCUT2D eigenvalue weighted by Crippen LogP contribution is 2.15. The lowest BCUT2D eigenvalue weighted by atomic mass is 10.2. The molecule has 8 nitrogen and oxygen atoms in total. The monoisotopic (exact) mass is 458 g/mol. The molecule has 2 heterocycles. The van der Waals surface area contributed by atoms with Crippen LogP contribution < -0.4 is 0 Å². The Kier molecular flexibility index (Phi) is 7.41. The van der Waals surface area contributed by atoms with E-state index in [0.717, 1.165) is 33.2 Å². The lowest BCUT2D eigenvalue weighted by Crippen LogP contribution is -2.39. The second-order valence-corrected chi connectivity index (χ2v) is 8.20. The zero-order valence-corrected chi connectivity index (χ0v) is 18.7. The summed E-state index contributed by atoms with van der Waals surface area (Å²) in [6.45, 7) is 1.13. The quantitative estimate of drug-likeness (QED) is 0.353. The van der Waals surface area contributed by atoms with Crippen LogP contribution in [0.5, 0.6) is 0 Å². The number of hydrogen-bond acceptors (Lipinski definition) is 6. The molecule has 2 N–H and O–H groups in total. The van der Waals surface area contributed by atoms with Crippen LogP contribution in [0.3, 0.4) is 0 Å². The van der Waals surface area contributed by atoms with Gasteiger partial charge in [0.1, 0.15) is 0 Å². The lowest BCUT2D eigenvalue weighted by Gasteiger charge is -2.25. The van der Waals surface area contributed by atoms with Gasteiger partial charge in [-0.3, -0.25) is 29.4 Å². The van der Waals surface area contributed by atoms with E-state index in [0.29, 0.717) is 26.2 Å². The number of hydrogen-bond donors (Lipinski definition) is 2. The van der Waals surface area contributed by atoms with Gasteiger partial charge in [0.25, 0.3) is 0 Å². The molecule has 0 aliphatic rings. The number of aliphatic carboxylic acids is 2. The van der Waals surface area contributed by atoms with E-state index in [4.69, 9.17) is 0 Å². The van der Waals surface area contributed by atoms with Crippen LogP contribution in [0.4, 0.5) is 0 Å². The number of para-hydroxylation sites is 2. The maximum atomic E-state index is 11.5. The SMILES string of the molecule is O=C(O)CN(CCN(CC(=O)O)Cc1ccc2ccccc2n1)Cc1ccc2ccccc2n1. The summed E-state index contributed by atoms with van der Waals surface area (Å²) in [4.78, 5) is 35.8. The summed E-state index contributed by atoms with van der Waals surface area (Å²) in [5.74, 6) is -1.89. The van der Waals surface area contributed by atoms with Crippen LogP contribution in [-0.2, 0) is 22.7 Å². The molecule has 4 rings (SSSR count). The molecule has 0 bridgehead atoms. The summed E-state index contributed by atoms with van der Waals surface area (Å²) in [6.07, 6.45) is 0. The molecule has 0 unspecified atom stereocenters. The van der Waals surface area contributed by atoms with E-state index in [1.54, 1.807) is 9.80 Å². The number of benzene rings is 2. The Labute approximate surface area is 197 Å². The van der Waals surface area contributed by atoms with Crippen molar-refractivity contribution in [3.8, 4) is 0 Å². The molecular weight excluding hydrogens is 432 g/mol. The van der Waals surface area contributed by atoms with E-state index in [9.17, 15) is 19.8 Å². The molecule has 0 atom stereocenters. The first-order valence-electron chi connectivity index (χ1n) is 11.0. The standard InChI is InChI=1S/C26H26N4O4/c31-25(32)17-29(15-21-11-9-19-5-1-3-7-23(19)27-21)13-14-30(18-26(33)34)16-22-12-10-20-6-2-4-8-24(20)28-22/h1-12H,13-18H2,(H,31,32)(H,33,34). The molecule has 0 saturated carbocycles. The van der Waals surface area contributed by atoms with Crippen molar-refractivity contribution in [3.05, 3.63) is 84.2 Å². The normalized spacial score (nSPS) is 11.5. The molecule has 0 fully saturated rings. The maximum Gasteiger partial charge on any atom is 0.317 e. The van der Waals surface area contributed by atoms with Gasteiger partial charge in [0, 0.05) is 37.0 Å². The average Bonchev–Trinajstić information content (AvgIpc) is 2.81. The van der Waals surface area contributed by atoms with Crippen LogP contribution in [-0.4, -0.2) is 68.1 Å². The van der Waals surface area contributed by atoms with Gasteiger partial charge in [-0.05, 0) is 24.3 Å². The first-order chi connectivity index (χ1) is 16.5. The number of rotatable bonds is 11. The number of carboxylic acids is 2. The third-order valence-corrected chi connectivity index (χ3v) is 5.53. The van der Waals surface area contributed by atoms with Crippen molar-refractivity contribution >= 4 is 33.7 Å². The maximum absolute atomic E-state index is 11.5. The third-order valence-electron chi connectivity index (χ3n) is 5.53. The fourth-order valence-corrected chi connectivity index (χ4v) is 3.94. The zero-order chi connectivity index (χ0) is 23.9. The summed E-state index contributed by atoms with van der Waals surface area (Å²) in [6, 6.07) is 23.3. The van der Waals surface area contributed by atoms with E-state index in [2.05, 4.69) is 9.97 Å². The predicted octanol–water partition coefficient (Wildman–Crippen LogP) is 3.26. The van der Waals surface area contributed by atoms with Crippen LogP contribution in [0.2, 0.25) is 0 Å². The summed E-state index contributed by atoms with van der Waals surface area (Å²) in [7, 11) is 0. The molecule has 34 heavy (non-hydrogen) atoms. The van der Waals surface area contributed by atoms with Crippen molar-refractivity contribution in [2.24, 2.45) is 0 Å². The first-order valence-corrected chi connectivity index (χ1v) is 11.0. The van der Waals surface area contributed by atoms with E-state index >= 15 is 0 Å². The molecule has 0 aliphatic heterocycles. The lowest BCUT2D eigenvalue weighted by molar-refractivity contribution is -0.140.